The third-order valence-corrected chi connectivity index (χ3v) is 5.01. The van der Waals surface area contributed by atoms with Gasteiger partial charge in [0.1, 0.15) is 5.82 Å². The molecule has 0 unspecified atom stereocenters. The van der Waals surface area contributed by atoms with Gasteiger partial charge < -0.3 is 10.0 Å². The number of benzene rings is 1. The van der Waals surface area contributed by atoms with Gasteiger partial charge in [0.05, 0.1) is 16.7 Å². The number of carbonyl (C=O) groups excluding carboxylic acids is 1. The van der Waals surface area contributed by atoms with Gasteiger partial charge in [0, 0.05) is 32.2 Å². The van der Waals surface area contributed by atoms with Gasteiger partial charge in [-0.25, -0.2) is 4.39 Å². The Labute approximate surface area is 134 Å². The summed E-state index contributed by atoms with van der Waals surface area (Å²) >= 11 is 5.96. The molecule has 2 aliphatic rings. The van der Waals surface area contributed by atoms with Crippen molar-refractivity contribution in [3.63, 3.8) is 0 Å². The molecule has 0 aromatic heterocycles. The minimum Gasteiger partial charge on any atom is -0.391 e. The van der Waals surface area contributed by atoms with Crippen molar-refractivity contribution in [3.05, 3.63) is 34.6 Å². The molecule has 2 atom stereocenters. The fraction of sp³-hybridized carbons (Fsp3) is 0.562. The van der Waals surface area contributed by atoms with Gasteiger partial charge >= 0.3 is 0 Å². The first-order valence-electron chi connectivity index (χ1n) is 7.73. The Kier molecular flexibility index (Phi) is 4.66. The van der Waals surface area contributed by atoms with E-state index in [1.165, 1.54) is 18.2 Å². The number of piperazine rings is 1. The Balaban J connectivity index is 1.65. The molecule has 1 heterocycles. The van der Waals surface area contributed by atoms with Crippen LogP contribution in [0, 0.1) is 5.82 Å². The number of nitrogens with zero attached hydrogens (tertiary/aromatic N) is 2. The molecule has 0 radical (unpaired) electrons. The highest BCUT2D eigenvalue weighted by molar-refractivity contribution is 6.33. The molecule has 1 saturated heterocycles. The molecule has 1 N–H and O–H groups in total. The number of aliphatic hydroxyl groups excluding tert-OH is 1. The molecule has 0 spiro atoms. The minimum absolute atomic E-state index is 0.0430. The van der Waals surface area contributed by atoms with Crippen LogP contribution in [0.25, 0.3) is 0 Å². The highest BCUT2D eigenvalue weighted by Crippen LogP contribution is 2.26. The van der Waals surface area contributed by atoms with Crippen molar-refractivity contribution in [2.45, 2.75) is 31.4 Å². The van der Waals surface area contributed by atoms with Crippen LogP contribution in [0.15, 0.2) is 18.2 Å². The third-order valence-electron chi connectivity index (χ3n) is 4.69. The molecular weight excluding hydrogens is 307 g/mol. The van der Waals surface area contributed by atoms with E-state index in [4.69, 9.17) is 11.6 Å². The Morgan fingerprint density at radius 3 is 2.55 bits per heavy atom. The normalized spacial score (nSPS) is 26.4. The van der Waals surface area contributed by atoms with Gasteiger partial charge in [-0.3, -0.25) is 9.69 Å². The van der Waals surface area contributed by atoms with Crippen LogP contribution in [0.4, 0.5) is 4.39 Å². The van der Waals surface area contributed by atoms with Gasteiger partial charge in [-0.1, -0.05) is 17.7 Å². The van der Waals surface area contributed by atoms with Crippen molar-refractivity contribution in [2.24, 2.45) is 0 Å². The fourth-order valence-corrected chi connectivity index (χ4v) is 3.71. The first kappa shape index (κ1) is 15.7. The number of aliphatic hydroxyl groups is 1. The predicted octanol–water partition coefficient (Wildman–Crippen LogP) is 2.15. The van der Waals surface area contributed by atoms with E-state index in [1.54, 1.807) is 4.90 Å². The van der Waals surface area contributed by atoms with Crippen molar-refractivity contribution in [1.29, 1.82) is 0 Å². The monoisotopic (exact) mass is 326 g/mol. The van der Waals surface area contributed by atoms with E-state index in [0.29, 0.717) is 26.2 Å². The van der Waals surface area contributed by atoms with Gasteiger partial charge in [-0.2, -0.15) is 0 Å². The smallest absolute Gasteiger partial charge is 0.258 e. The van der Waals surface area contributed by atoms with Crippen LogP contribution < -0.4 is 0 Å². The van der Waals surface area contributed by atoms with Crippen LogP contribution in [0.2, 0.25) is 5.02 Å². The van der Waals surface area contributed by atoms with Crippen LogP contribution in [0.1, 0.15) is 29.6 Å². The predicted molar refractivity (Wildman–Crippen MR) is 82.5 cm³/mol. The summed E-state index contributed by atoms with van der Waals surface area (Å²) < 4.78 is 13.9. The van der Waals surface area contributed by atoms with Crippen molar-refractivity contribution < 1.29 is 14.3 Å². The zero-order chi connectivity index (χ0) is 15.7. The second-order valence-corrected chi connectivity index (χ2v) is 6.40. The van der Waals surface area contributed by atoms with Gasteiger partial charge in [0.25, 0.3) is 5.91 Å². The highest BCUT2D eigenvalue weighted by Gasteiger charge is 2.34. The van der Waals surface area contributed by atoms with Crippen LogP contribution in [0.5, 0.6) is 0 Å². The zero-order valence-electron chi connectivity index (χ0n) is 12.3. The molecule has 22 heavy (non-hydrogen) atoms. The molecule has 120 valence electrons. The standard InChI is InChI=1S/C16H20ClFN2O2/c17-11-3-1-4-12(18)15(11)16(22)20-9-7-19(8-10-20)13-5-2-6-14(13)21/h1,3-4,13-14,21H,2,5-10H2/t13-,14-/m0/s1. The Bertz CT molecular complexity index is 541. The summed E-state index contributed by atoms with van der Waals surface area (Å²) in [5.74, 6) is -0.930. The molecular formula is C16H20ClFN2O2. The lowest BCUT2D eigenvalue weighted by molar-refractivity contribution is 0.0314. The summed E-state index contributed by atoms with van der Waals surface area (Å²) in [7, 11) is 0. The minimum atomic E-state index is -0.578. The molecule has 1 saturated carbocycles. The van der Waals surface area contributed by atoms with Crippen molar-refractivity contribution in [2.75, 3.05) is 26.2 Å². The number of hydrogen-bond donors (Lipinski definition) is 1. The van der Waals surface area contributed by atoms with Gasteiger partial charge in [0.15, 0.2) is 0 Å². The van der Waals surface area contributed by atoms with E-state index in [9.17, 15) is 14.3 Å². The molecule has 1 aliphatic carbocycles. The quantitative estimate of drug-likeness (QED) is 0.905. The number of amides is 1. The summed E-state index contributed by atoms with van der Waals surface area (Å²) in [6.07, 6.45) is 2.65. The lowest BCUT2D eigenvalue weighted by atomic mass is 10.1. The molecule has 1 aliphatic heterocycles. The zero-order valence-corrected chi connectivity index (χ0v) is 13.1. The van der Waals surface area contributed by atoms with Crippen LogP contribution in [0.3, 0.4) is 0 Å². The maximum Gasteiger partial charge on any atom is 0.258 e. The van der Waals surface area contributed by atoms with Crippen LogP contribution in [-0.2, 0) is 0 Å². The van der Waals surface area contributed by atoms with E-state index >= 15 is 0 Å². The van der Waals surface area contributed by atoms with E-state index < -0.39 is 5.82 Å². The van der Waals surface area contributed by atoms with Crippen molar-refractivity contribution >= 4 is 17.5 Å². The van der Waals surface area contributed by atoms with E-state index in [0.717, 1.165) is 19.3 Å². The van der Waals surface area contributed by atoms with Crippen LogP contribution in [-0.4, -0.2) is 59.1 Å². The summed E-state index contributed by atoms with van der Waals surface area (Å²) in [6.45, 7) is 2.48. The summed E-state index contributed by atoms with van der Waals surface area (Å²) in [6, 6.07) is 4.48. The molecule has 6 heteroatoms. The SMILES string of the molecule is O=C(c1c(F)cccc1Cl)N1CCN([C@H]2CCC[C@@H]2O)CC1. The maximum absolute atomic E-state index is 13.9. The van der Waals surface area contributed by atoms with Gasteiger partial charge in [-0.05, 0) is 31.4 Å². The number of rotatable bonds is 2. The topological polar surface area (TPSA) is 43.8 Å². The Morgan fingerprint density at radius 2 is 1.95 bits per heavy atom. The average Bonchev–Trinajstić information content (AvgIpc) is 2.93. The lowest BCUT2D eigenvalue weighted by Crippen LogP contribution is -2.53. The largest absolute Gasteiger partial charge is 0.391 e. The first-order valence-corrected chi connectivity index (χ1v) is 8.11. The molecule has 1 amide bonds. The average molecular weight is 327 g/mol. The first-order chi connectivity index (χ1) is 10.6. The Morgan fingerprint density at radius 1 is 1.23 bits per heavy atom. The highest BCUT2D eigenvalue weighted by atomic mass is 35.5. The second kappa shape index (κ2) is 6.52. The summed E-state index contributed by atoms with van der Waals surface area (Å²) in [5.41, 5.74) is -0.0430. The fourth-order valence-electron chi connectivity index (χ4n) is 3.46. The second-order valence-electron chi connectivity index (χ2n) is 5.99. The van der Waals surface area contributed by atoms with Gasteiger partial charge in [0.2, 0.25) is 0 Å². The van der Waals surface area contributed by atoms with Crippen molar-refractivity contribution in [3.8, 4) is 0 Å². The molecule has 1 aromatic carbocycles. The Hall–Kier alpha value is -1.17. The van der Waals surface area contributed by atoms with E-state index in [2.05, 4.69) is 4.90 Å². The molecule has 4 nitrogen and oxygen atoms in total. The van der Waals surface area contributed by atoms with Crippen LogP contribution >= 0.6 is 11.6 Å². The molecule has 0 bridgehead atoms. The molecule has 1 aromatic rings. The van der Waals surface area contributed by atoms with Gasteiger partial charge in [-0.15, -0.1) is 0 Å². The number of carbonyl (C=O) groups is 1. The molecule has 2 fully saturated rings. The number of halogens is 2. The summed E-state index contributed by atoms with van der Waals surface area (Å²) in [5, 5.41) is 10.1. The number of hydrogen-bond acceptors (Lipinski definition) is 3. The lowest BCUT2D eigenvalue weighted by Gasteiger charge is -2.39. The summed E-state index contributed by atoms with van der Waals surface area (Å²) in [4.78, 5) is 16.3. The van der Waals surface area contributed by atoms with E-state index in [1.807, 2.05) is 0 Å². The maximum atomic E-state index is 13.9. The molecule has 3 rings (SSSR count). The van der Waals surface area contributed by atoms with E-state index in [-0.39, 0.29) is 28.6 Å². The van der Waals surface area contributed by atoms with Crippen molar-refractivity contribution in [1.82, 2.24) is 9.80 Å². The third kappa shape index (κ3) is 2.98.